The Labute approximate surface area is 173 Å². The summed E-state index contributed by atoms with van der Waals surface area (Å²) in [5, 5.41) is 0. The van der Waals surface area contributed by atoms with E-state index in [1.165, 1.54) is 54.7 Å². The van der Waals surface area contributed by atoms with E-state index in [0.29, 0.717) is 6.04 Å². The molecule has 3 heterocycles. The van der Waals surface area contributed by atoms with Gasteiger partial charge in [-0.1, -0.05) is 36.4 Å². The van der Waals surface area contributed by atoms with E-state index in [1.807, 2.05) is 6.20 Å². The van der Waals surface area contributed by atoms with Gasteiger partial charge in [0.1, 0.15) is 5.82 Å². The first-order valence-electron chi connectivity index (χ1n) is 10.9. The van der Waals surface area contributed by atoms with E-state index < -0.39 is 0 Å². The van der Waals surface area contributed by atoms with Crippen LogP contribution in [0.5, 0.6) is 0 Å². The largest absolute Gasteiger partial charge is 0.303 e. The monoisotopic (exact) mass is 386 g/mol. The highest BCUT2D eigenvalue weighted by atomic mass is 15.2. The van der Waals surface area contributed by atoms with Crippen molar-refractivity contribution in [2.45, 2.75) is 45.3 Å². The van der Waals surface area contributed by atoms with Crippen molar-refractivity contribution in [2.75, 3.05) is 19.6 Å². The fourth-order valence-electron chi connectivity index (χ4n) is 4.97. The van der Waals surface area contributed by atoms with Gasteiger partial charge in [0, 0.05) is 43.8 Å². The van der Waals surface area contributed by atoms with Crippen LogP contribution in [0.1, 0.15) is 35.4 Å². The molecule has 0 spiro atoms. The maximum atomic E-state index is 4.69. The van der Waals surface area contributed by atoms with Crippen molar-refractivity contribution < 1.29 is 0 Å². The van der Waals surface area contributed by atoms with E-state index in [2.05, 4.69) is 76.0 Å². The first-order valence-corrected chi connectivity index (χ1v) is 10.9. The second-order valence-electron chi connectivity index (χ2n) is 8.57. The van der Waals surface area contributed by atoms with Gasteiger partial charge < -0.3 is 4.57 Å². The Hall–Kier alpha value is -2.43. The Balaban J connectivity index is 1.27. The summed E-state index contributed by atoms with van der Waals surface area (Å²) in [5.74, 6) is 1.14. The summed E-state index contributed by atoms with van der Waals surface area (Å²) in [6.07, 6.45) is 7.79. The number of aromatic nitrogens is 2. The van der Waals surface area contributed by atoms with Gasteiger partial charge in [0.25, 0.3) is 0 Å². The zero-order chi connectivity index (χ0) is 19.6. The number of benzene rings is 2. The minimum Gasteiger partial charge on any atom is -0.303 e. The quantitative estimate of drug-likeness (QED) is 0.672. The Morgan fingerprint density at radius 3 is 2.83 bits per heavy atom. The van der Waals surface area contributed by atoms with Crippen molar-refractivity contribution in [3.63, 3.8) is 0 Å². The van der Waals surface area contributed by atoms with Gasteiger partial charge in [-0.25, -0.2) is 4.98 Å². The minimum absolute atomic E-state index is 0.652. The molecule has 0 aliphatic carbocycles. The van der Waals surface area contributed by atoms with Crippen molar-refractivity contribution >= 4 is 0 Å². The maximum absolute atomic E-state index is 4.69. The lowest BCUT2D eigenvalue weighted by Crippen LogP contribution is -2.49. The van der Waals surface area contributed by atoms with Crippen molar-refractivity contribution in [2.24, 2.45) is 0 Å². The predicted octanol–water partition coefficient (Wildman–Crippen LogP) is 4.20. The third-order valence-electron chi connectivity index (χ3n) is 6.52. The molecule has 1 unspecified atom stereocenters. The van der Waals surface area contributed by atoms with Gasteiger partial charge in [-0.3, -0.25) is 9.80 Å². The summed E-state index contributed by atoms with van der Waals surface area (Å²) in [7, 11) is 0. The second kappa shape index (κ2) is 8.13. The molecule has 0 N–H and O–H groups in total. The summed E-state index contributed by atoms with van der Waals surface area (Å²) in [4.78, 5) is 10.0. The molecule has 4 nitrogen and oxygen atoms in total. The highest BCUT2D eigenvalue weighted by Crippen LogP contribution is 2.25. The highest BCUT2D eigenvalue weighted by molar-refractivity contribution is 5.36. The number of imidazole rings is 1. The van der Waals surface area contributed by atoms with Crippen LogP contribution in [0, 0.1) is 6.92 Å². The Morgan fingerprint density at radius 2 is 1.93 bits per heavy atom. The van der Waals surface area contributed by atoms with Gasteiger partial charge in [0.15, 0.2) is 0 Å². The summed E-state index contributed by atoms with van der Waals surface area (Å²) in [6.45, 7) is 7.67. The van der Waals surface area contributed by atoms with E-state index in [0.717, 1.165) is 25.5 Å². The van der Waals surface area contributed by atoms with E-state index in [9.17, 15) is 0 Å². The number of aryl methyl sites for hydroxylation is 1. The van der Waals surface area contributed by atoms with Gasteiger partial charge in [0.2, 0.25) is 0 Å². The first kappa shape index (κ1) is 18.6. The summed E-state index contributed by atoms with van der Waals surface area (Å²) in [6, 6.07) is 18.3. The van der Waals surface area contributed by atoms with E-state index in [4.69, 9.17) is 4.98 Å². The molecule has 2 aliphatic heterocycles. The molecular weight excluding hydrogens is 356 g/mol. The standard InChI is InChI=1S/C25H30N4/c1-20-6-4-9-23(16-20)29-15-12-26-25(29)19-27-13-5-10-24(18-27)28-14-11-21-7-2-3-8-22(21)17-28/h2-4,6-9,12,15-16,24H,5,10-11,13-14,17-19H2,1H3. The average Bonchev–Trinajstić information content (AvgIpc) is 3.22. The molecule has 0 radical (unpaired) electrons. The first-order chi connectivity index (χ1) is 14.3. The summed E-state index contributed by atoms with van der Waals surface area (Å²) < 4.78 is 2.24. The molecule has 0 bridgehead atoms. The van der Waals surface area contributed by atoms with Crippen LogP contribution in [0.2, 0.25) is 0 Å². The van der Waals surface area contributed by atoms with Crippen molar-refractivity contribution in [1.29, 1.82) is 0 Å². The van der Waals surface area contributed by atoms with Gasteiger partial charge in [-0.2, -0.15) is 0 Å². The fraction of sp³-hybridized carbons (Fsp3) is 0.400. The maximum Gasteiger partial charge on any atom is 0.127 e. The summed E-state index contributed by atoms with van der Waals surface area (Å²) in [5.41, 5.74) is 5.55. The summed E-state index contributed by atoms with van der Waals surface area (Å²) >= 11 is 0. The smallest absolute Gasteiger partial charge is 0.127 e. The molecule has 2 aliphatic rings. The molecule has 29 heavy (non-hydrogen) atoms. The van der Waals surface area contributed by atoms with Gasteiger partial charge in [-0.15, -0.1) is 0 Å². The molecule has 0 amide bonds. The second-order valence-corrected chi connectivity index (χ2v) is 8.57. The van der Waals surface area contributed by atoms with Crippen LogP contribution in [0.15, 0.2) is 60.9 Å². The molecule has 5 rings (SSSR count). The topological polar surface area (TPSA) is 24.3 Å². The van der Waals surface area contributed by atoms with Crippen LogP contribution < -0.4 is 0 Å². The molecular formula is C25H30N4. The van der Waals surface area contributed by atoms with E-state index >= 15 is 0 Å². The third kappa shape index (κ3) is 4.00. The molecule has 0 saturated carbocycles. The number of hydrogen-bond acceptors (Lipinski definition) is 3. The lowest BCUT2D eigenvalue weighted by Gasteiger charge is -2.41. The van der Waals surface area contributed by atoms with Gasteiger partial charge >= 0.3 is 0 Å². The number of hydrogen-bond donors (Lipinski definition) is 0. The van der Waals surface area contributed by atoms with Crippen molar-refractivity contribution in [3.8, 4) is 5.69 Å². The molecule has 150 valence electrons. The average molecular weight is 387 g/mol. The van der Waals surface area contributed by atoms with Crippen molar-refractivity contribution in [3.05, 3.63) is 83.4 Å². The minimum atomic E-state index is 0.652. The van der Waals surface area contributed by atoms with Crippen molar-refractivity contribution in [1.82, 2.24) is 19.4 Å². The third-order valence-corrected chi connectivity index (χ3v) is 6.52. The Bertz CT molecular complexity index is 976. The van der Waals surface area contributed by atoms with E-state index in [1.54, 1.807) is 0 Å². The zero-order valence-electron chi connectivity index (χ0n) is 17.3. The van der Waals surface area contributed by atoms with Gasteiger partial charge in [-0.05, 0) is 61.6 Å². The molecule has 2 aromatic carbocycles. The van der Waals surface area contributed by atoms with E-state index in [-0.39, 0.29) is 0 Å². The number of piperidine rings is 1. The van der Waals surface area contributed by atoms with Crippen LogP contribution >= 0.6 is 0 Å². The lowest BCUT2D eigenvalue weighted by molar-refractivity contribution is 0.0823. The zero-order valence-corrected chi connectivity index (χ0v) is 17.3. The normalized spacial score (nSPS) is 20.5. The predicted molar refractivity (Wildman–Crippen MR) is 117 cm³/mol. The highest BCUT2D eigenvalue weighted by Gasteiger charge is 2.28. The molecule has 1 atom stereocenters. The SMILES string of the molecule is Cc1cccc(-n2ccnc2CN2CCCC(N3CCc4ccccc4C3)C2)c1. The number of fused-ring (bicyclic) bond motifs is 1. The lowest BCUT2D eigenvalue weighted by atomic mass is 9.96. The molecule has 3 aromatic rings. The fourth-order valence-corrected chi connectivity index (χ4v) is 4.97. The number of rotatable bonds is 4. The van der Waals surface area contributed by atoms with Crippen LogP contribution in [-0.4, -0.2) is 45.0 Å². The molecule has 1 fully saturated rings. The van der Waals surface area contributed by atoms with Crippen LogP contribution in [0.25, 0.3) is 5.69 Å². The molecule has 1 saturated heterocycles. The number of likely N-dealkylation sites (tertiary alicyclic amines) is 1. The van der Waals surface area contributed by atoms with Crippen LogP contribution in [-0.2, 0) is 19.5 Å². The van der Waals surface area contributed by atoms with Gasteiger partial charge in [0.05, 0.1) is 6.54 Å². The number of nitrogens with zero attached hydrogens (tertiary/aromatic N) is 4. The Kier molecular flexibility index (Phi) is 5.21. The molecule has 1 aromatic heterocycles. The molecule has 4 heteroatoms. The van der Waals surface area contributed by atoms with Crippen LogP contribution in [0.3, 0.4) is 0 Å². The Morgan fingerprint density at radius 1 is 1.03 bits per heavy atom. The van der Waals surface area contributed by atoms with Crippen LogP contribution in [0.4, 0.5) is 0 Å².